The fourth-order valence-corrected chi connectivity index (χ4v) is 2.26. The monoisotopic (exact) mass is 330 g/mol. The van der Waals surface area contributed by atoms with Crippen LogP contribution in [0.15, 0.2) is 22.7 Å². The molecule has 0 aliphatic rings. The molecule has 1 unspecified atom stereocenters. The smallest absolute Gasteiger partial charge is 0.146 e. The maximum absolute atomic E-state index is 13.9. The summed E-state index contributed by atoms with van der Waals surface area (Å²) in [7, 11) is 1.63. The van der Waals surface area contributed by atoms with E-state index in [0.717, 1.165) is 11.8 Å². The van der Waals surface area contributed by atoms with E-state index in [4.69, 9.17) is 0 Å². The topological polar surface area (TPSA) is 38.0 Å². The van der Waals surface area contributed by atoms with E-state index in [1.165, 1.54) is 10.7 Å². The summed E-state index contributed by atoms with van der Waals surface area (Å²) in [5, 5.41) is 14.4. The molecule has 1 N–H and O–H groups in total. The summed E-state index contributed by atoms with van der Waals surface area (Å²) >= 11 is 2.98. The molecule has 19 heavy (non-hydrogen) atoms. The number of benzene rings is 1. The highest BCUT2D eigenvalue weighted by atomic mass is 79.9. The minimum atomic E-state index is -1.39. The van der Waals surface area contributed by atoms with Crippen LogP contribution in [0.1, 0.15) is 30.0 Å². The molecule has 0 radical (unpaired) electrons. The number of halogens is 3. The van der Waals surface area contributed by atoms with Crippen LogP contribution in [-0.4, -0.2) is 14.9 Å². The van der Waals surface area contributed by atoms with E-state index in [-0.39, 0.29) is 10.0 Å². The SMILES string of the molecule is CCc1cc(C(O)c2c(F)ccc(Br)c2F)n(C)n1. The molecule has 0 fully saturated rings. The van der Waals surface area contributed by atoms with Crippen LogP contribution >= 0.6 is 15.9 Å². The second-order valence-electron chi connectivity index (χ2n) is 4.20. The number of aliphatic hydroxyl groups is 1. The summed E-state index contributed by atoms with van der Waals surface area (Å²) in [4.78, 5) is 0. The molecule has 0 spiro atoms. The Kier molecular flexibility index (Phi) is 4.01. The van der Waals surface area contributed by atoms with Crippen molar-refractivity contribution in [3.05, 3.63) is 51.3 Å². The van der Waals surface area contributed by atoms with Gasteiger partial charge in [0, 0.05) is 7.05 Å². The molecule has 1 aromatic carbocycles. The van der Waals surface area contributed by atoms with E-state index in [9.17, 15) is 13.9 Å². The minimum absolute atomic E-state index is 0.112. The molecular weight excluding hydrogens is 318 g/mol. The Bertz CT molecular complexity index is 613. The molecule has 0 saturated heterocycles. The summed E-state index contributed by atoms with van der Waals surface area (Å²) in [6.07, 6.45) is -0.709. The molecule has 6 heteroatoms. The molecule has 0 saturated carbocycles. The quantitative estimate of drug-likeness (QED) is 0.878. The van der Waals surface area contributed by atoms with E-state index in [1.807, 2.05) is 6.92 Å². The Morgan fingerprint density at radius 2 is 2.11 bits per heavy atom. The van der Waals surface area contributed by atoms with Crippen molar-refractivity contribution in [1.29, 1.82) is 0 Å². The molecular formula is C13H13BrF2N2O. The number of nitrogens with zero attached hydrogens (tertiary/aromatic N) is 2. The van der Waals surface area contributed by atoms with Crippen LogP contribution in [0.4, 0.5) is 8.78 Å². The Labute approximate surface area is 118 Å². The molecule has 1 aromatic heterocycles. The van der Waals surface area contributed by atoms with Gasteiger partial charge in [-0.1, -0.05) is 6.92 Å². The molecule has 3 nitrogen and oxygen atoms in total. The lowest BCUT2D eigenvalue weighted by atomic mass is 10.0. The van der Waals surface area contributed by atoms with Gasteiger partial charge in [0.1, 0.15) is 17.7 Å². The average molecular weight is 331 g/mol. The van der Waals surface area contributed by atoms with Crippen LogP contribution in [0, 0.1) is 11.6 Å². The van der Waals surface area contributed by atoms with Crippen molar-refractivity contribution in [1.82, 2.24) is 9.78 Å². The fraction of sp³-hybridized carbons (Fsp3) is 0.308. The summed E-state index contributed by atoms with van der Waals surface area (Å²) < 4.78 is 29.2. The lowest BCUT2D eigenvalue weighted by molar-refractivity contribution is 0.199. The summed E-state index contributed by atoms with van der Waals surface area (Å²) in [6.45, 7) is 1.92. The summed E-state index contributed by atoms with van der Waals surface area (Å²) in [5.41, 5.74) is 0.736. The Hall–Kier alpha value is -1.27. The number of rotatable bonds is 3. The third-order valence-electron chi connectivity index (χ3n) is 2.96. The molecule has 2 aromatic rings. The molecule has 1 atom stereocenters. The van der Waals surface area contributed by atoms with Crippen LogP contribution in [0.25, 0.3) is 0 Å². The third-order valence-corrected chi connectivity index (χ3v) is 3.57. The number of hydrogen-bond donors (Lipinski definition) is 1. The molecule has 2 rings (SSSR count). The van der Waals surface area contributed by atoms with Gasteiger partial charge in [-0.15, -0.1) is 0 Å². The van der Waals surface area contributed by atoms with E-state index in [1.54, 1.807) is 13.1 Å². The first-order valence-corrected chi connectivity index (χ1v) is 6.59. The highest BCUT2D eigenvalue weighted by Crippen LogP contribution is 2.30. The highest BCUT2D eigenvalue weighted by molar-refractivity contribution is 9.10. The molecule has 0 aliphatic carbocycles. The lowest BCUT2D eigenvalue weighted by Gasteiger charge is -2.14. The van der Waals surface area contributed by atoms with Gasteiger partial charge in [-0.2, -0.15) is 5.10 Å². The van der Waals surface area contributed by atoms with Crippen molar-refractivity contribution in [3.63, 3.8) is 0 Å². The van der Waals surface area contributed by atoms with Crippen LogP contribution in [0.2, 0.25) is 0 Å². The van der Waals surface area contributed by atoms with Gasteiger partial charge in [0.05, 0.1) is 21.4 Å². The van der Waals surface area contributed by atoms with Crippen molar-refractivity contribution in [2.45, 2.75) is 19.4 Å². The van der Waals surface area contributed by atoms with Gasteiger partial charge in [0.2, 0.25) is 0 Å². The van der Waals surface area contributed by atoms with Gasteiger partial charge >= 0.3 is 0 Å². The second kappa shape index (κ2) is 5.38. The zero-order chi connectivity index (χ0) is 14.2. The average Bonchev–Trinajstić information content (AvgIpc) is 2.75. The van der Waals surface area contributed by atoms with Crippen LogP contribution in [-0.2, 0) is 13.5 Å². The maximum atomic E-state index is 13.9. The van der Waals surface area contributed by atoms with Crippen molar-refractivity contribution < 1.29 is 13.9 Å². The van der Waals surface area contributed by atoms with Gasteiger partial charge in [0.15, 0.2) is 0 Å². The number of aromatic nitrogens is 2. The molecule has 102 valence electrons. The van der Waals surface area contributed by atoms with Crippen molar-refractivity contribution in [2.75, 3.05) is 0 Å². The predicted octanol–water partition coefficient (Wildman–Crippen LogP) is 3.10. The normalized spacial score (nSPS) is 12.7. The van der Waals surface area contributed by atoms with Crippen LogP contribution < -0.4 is 0 Å². The number of aryl methyl sites for hydroxylation is 2. The van der Waals surface area contributed by atoms with Gasteiger partial charge < -0.3 is 5.11 Å². The summed E-state index contributed by atoms with van der Waals surface area (Å²) in [6, 6.07) is 4.02. The van der Waals surface area contributed by atoms with Gasteiger partial charge in [0.25, 0.3) is 0 Å². The lowest BCUT2D eigenvalue weighted by Crippen LogP contribution is -2.10. The highest BCUT2D eigenvalue weighted by Gasteiger charge is 2.24. The first-order valence-electron chi connectivity index (χ1n) is 5.80. The van der Waals surface area contributed by atoms with E-state index >= 15 is 0 Å². The standard InChI is InChI=1S/C13H13BrF2N2O/c1-3-7-6-10(18(2)17-7)13(19)11-9(15)5-4-8(14)12(11)16/h4-6,13,19H,3H2,1-2H3. The maximum Gasteiger partial charge on any atom is 0.146 e. The summed E-state index contributed by atoms with van der Waals surface area (Å²) in [5.74, 6) is -1.58. The molecule has 0 aliphatic heterocycles. The predicted molar refractivity (Wildman–Crippen MR) is 70.7 cm³/mol. The molecule has 0 bridgehead atoms. The largest absolute Gasteiger partial charge is 0.382 e. The zero-order valence-corrected chi connectivity index (χ0v) is 12.1. The zero-order valence-electron chi connectivity index (χ0n) is 10.5. The molecule has 1 heterocycles. The molecule has 0 amide bonds. The van der Waals surface area contributed by atoms with Crippen molar-refractivity contribution in [3.8, 4) is 0 Å². The van der Waals surface area contributed by atoms with Crippen molar-refractivity contribution >= 4 is 15.9 Å². The Morgan fingerprint density at radius 3 is 2.68 bits per heavy atom. The Morgan fingerprint density at radius 1 is 1.42 bits per heavy atom. The van der Waals surface area contributed by atoms with E-state index < -0.39 is 17.7 Å². The van der Waals surface area contributed by atoms with Crippen LogP contribution in [0.3, 0.4) is 0 Å². The van der Waals surface area contributed by atoms with E-state index in [0.29, 0.717) is 12.1 Å². The first-order chi connectivity index (χ1) is 8.95. The van der Waals surface area contributed by atoms with Gasteiger partial charge in [-0.05, 0) is 40.5 Å². The fourth-order valence-electron chi connectivity index (χ4n) is 1.91. The number of aliphatic hydroxyl groups excluding tert-OH is 1. The minimum Gasteiger partial charge on any atom is -0.382 e. The first kappa shape index (κ1) is 14.1. The second-order valence-corrected chi connectivity index (χ2v) is 5.05. The van der Waals surface area contributed by atoms with Gasteiger partial charge in [-0.25, -0.2) is 8.78 Å². The van der Waals surface area contributed by atoms with Crippen LogP contribution in [0.5, 0.6) is 0 Å². The Balaban J connectivity index is 2.52. The third kappa shape index (κ3) is 2.55. The van der Waals surface area contributed by atoms with E-state index in [2.05, 4.69) is 21.0 Å². The van der Waals surface area contributed by atoms with Crippen molar-refractivity contribution in [2.24, 2.45) is 7.05 Å². The van der Waals surface area contributed by atoms with Gasteiger partial charge in [-0.3, -0.25) is 4.68 Å². The number of hydrogen-bond acceptors (Lipinski definition) is 2.